The van der Waals surface area contributed by atoms with Crippen LogP contribution in [0.25, 0.3) is 22.4 Å². The van der Waals surface area contributed by atoms with E-state index in [2.05, 4.69) is 15.3 Å². The molecular weight excluding hydrogens is 468 g/mol. The highest BCUT2D eigenvalue weighted by atomic mass is 32.2. The van der Waals surface area contributed by atoms with E-state index < -0.39 is 28.4 Å². The van der Waals surface area contributed by atoms with Crippen molar-refractivity contribution in [2.45, 2.75) is 11.8 Å². The van der Waals surface area contributed by atoms with Gasteiger partial charge in [0.25, 0.3) is 0 Å². The summed E-state index contributed by atoms with van der Waals surface area (Å²) in [6.07, 6.45) is 0. The van der Waals surface area contributed by atoms with Gasteiger partial charge in [-0.15, -0.1) is 0 Å². The lowest BCUT2D eigenvalue weighted by Gasteiger charge is -2.17. The SMILES string of the molecule is CCOC(=O)c1cccc(NC(=O)CN(C)S(=O)(=O)c2ccc3nc(-c4ccccc4)[nH]c3c2)c1. The van der Waals surface area contributed by atoms with Crippen LogP contribution in [-0.4, -0.2) is 54.8 Å². The van der Waals surface area contributed by atoms with Crippen LogP contribution in [0.2, 0.25) is 0 Å². The highest BCUT2D eigenvalue weighted by Gasteiger charge is 2.24. The molecule has 0 spiro atoms. The molecule has 1 heterocycles. The molecule has 2 N–H and O–H groups in total. The number of esters is 1. The van der Waals surface area contributed by atoms with Gasteiger partial charge in [-0.05, 0) is 43.3 Å². The van der Waals surface area contributed by atoms with Gasteiger partial charge in [-0.3, -0.25) is 4.79 Å². The standard InChI is InChI=1S/C25H24N4O5S/c1-3-34-25(31)18-10-7-11-19(14-18)26-23(30)16-29(2)35(32,33)20-12-13-21-22(15-20)28-24(27-21)17-8-5-4-6-9-17/h4-15H,3,16H2,1-2H3,(H,26,30)(H,27,28). The smallest absolute Gasteiger partial charge is 0.338 e. The number of nitrogens with one attached hydrogen (secondary N) is 2. The number of aromatic amines is 1. The van der Waals surface area contributed by atoms with E-state index in [1.54, 1.807) is 31.2 Å². The molecule has 0 fully saturated rings. The second-order valence-electron chi connectivity index (χ2n) is 7.74. The fourth-order valence-corrected chi connectivity index (χ4v) is 4.64. The predicted molar refractivity (Wildman–Crippen MR) is 132 cm³/mol. The predicted octanol–water partition coefficient (Wildman–Crippen LogP) is 3.67. The topological polar surface area (TPSA) is 121 Å². The Kier molecular flexibility index (Phi) is 6.94. The molecule has 0 radical (unpaired) electrons. The van der Waals surface area contributed by atoms with E-state index >= 15 is 0 Å². The third-order valence-corrected chi connectivity index (χ3v) is 7.03. The maximum Gasteiger partial charge on any atom is 0.338 e. The maximum atomic E-state index is 13.1. The summed E-state index contributed by atoms with van der Waals surface area (Å²) in [5, 5.41) is 2.62. The van der Waals surface area contributed by atoms with Crippen molar-refractivity contribution in [3.8, 4) is 11.4 Å². The first-order chi connectivity index (χ1) is 16.8. The monoisotopic (exact) mass is 492 g/mol. The van der Waals surface area contributed by atoms with Crippen LogP contribution in [0, 0.1) is 0 Å². The third kappa shape index (κ3) is 5.39. The molecule has 0 saturated carbocycles. The van der Waals surface area contributed by atoms with E-state index in [1.807, 2.05) is 30.3 Å². The zero-order valence-corrected chi connectivity index (χ0v) is 20.0. The number of carbonyl (C=O) groups excluding carboxylic acids is 2. The molecule has 10 heteroatoms. The van der Waals surface area contributed by atoms with E-state index in [1.165, 1.54) is 25.2 Å². The van der Waals surface area contributed by atoms with Crippen LogP contribution in [0.5, 0.6) is 0 Å². The van der Waals surface area contributed by atoms with Crippen molar-refractivity contribution in [3.63, 3.8) is 0 Å². The number of H-pyrrole nitrogens is 1. The Hall–Kier alpha value is -4.02. The third-order valence-electron chi connectivity index (χ3n) is 5.23. The van der Waals surface area contributed by atoms with Crippen LogP contribution in [0.3, 0.4) is 0 Å². The molecule has 4 aromatic rings. The van der Waals surface area contributed by atoms with Gasteiger partial charge in [-0.1, -0.05) is 36.4 Å². The van der Waals surface area contributed by atoms with E-state index in [0.29, 0.717) is 22.5 Å². The summed E-state index contributed by atoms with van der Waals surface area (Å²) in [5.74, 6) is -0.424. The average molecular weight is 493 g/mol. The second kappa shape index (κ2) is 10.1. The van der Waals surface area contributed by atoms with Crippen LogP contribution in [-0.2, 0) is 19.6 Å². The fraction of sp³-hybridized carbons (Fsp3) is 0.160. The number of hydrogen-bond donors (Lipinski definition) is 2. The number of nitrogens with zero attached hydrogens (tertiary/aromatic N) is 2. The summed E-state index contributed by atoms with van der Waals surface area (Å²) in [7, 11) is -2.62. The number of ether oxygens (including phenoxy) is 1. The number of likely N-dealkylation sites (N-methyl/N-ethyl adjacent to an activating group) is 1. The molecule has 0 bridgehead atoms. The molecule has 0 saturated heterocycles. The number of amides is 1. The van der Waals surface area contributed by atoms with E-state index in [9.17, 15) is 18.0 Å². The Morgan fingerprint density at radius 2 is 1.80 bits per heavy atom. The molecule has 35 heavy (non-hydrogen) atoms. The van der Waals surface area contributed by atoms with Gasteiger partial charge in [0.1, 0.15) is 5.82 Å². The average Bonchev–Trinajstić information content (AvgIpc) is 3.28. The Bertz CT molecular complexity index is 1480. The second-order valence-corrected chi connectivity index (χ2v) is 9.79. The van der Waals surface area contributed by atoms with Gasteiger partial charge in [0, 0.05) is 18.3 Å². The fourth-order valence-electron chi connectivity index (χ4n) is 3.49. The molecule has 0 aliphatic heterocycles. The minimum absolute atomic E-state index is 0.0351. The summed E-state index contributed by atoms with van der Waals surface area (Å²) >= 11 is 0. The summed E-state index contributed by atoms with van der Waals surface area (Å²) < 4.78 is 32.1. The zero-order chi connectivity index (χ0) is 25.0. The number of fused-ring (bicyclic) bond motifs is 1. The van der Waals surface area contributed by atoms with Crippen molar-refractivity contribution in [3.05, 3.63) is 78.4 Å². The number of sulfonamides is 1. The Morgan fingerprint density at radius 1 is 1.03 bits per heavy atom. The molecule has 3 aromatic carbocycles. The number of hydrogen-bond acceptors (Lipinski definition) is 6. The molecule has 0 aliphatic rings. The maximum absolute atomic E-state index is 13.1. The Balaban J connectivity index is 1.48. The van der Waals surface area contributed by atoms with Crippen molar-refractivity contribution in [1.82, 2.24) is 14.3 Å². The molecule has 1 aromatic heterocycles. The van der Waals surface area contributed by atoms with E-state index in [0.717, 1.165) is 9.87 Å². The first-order valence-electron chi connectivity index (χ1n) is 10.9. The van der Waals surface area contributed by atoms with Gasteiger partial charge >= 0.3 is 5.97 Å². The number of carbonyl (C=O) groups is 2. The van der Waals surface area contributed by atoms with Gasteiger partial charge in [0.05, 0.1) is 34.6 Å². The van der Waals surface area contributed by atoms with Crippen LogP contribution in [0.1, 0.15) is 17.3 Å². The van der Waals surface area contributed by atoms with Crippen molar-refractivity contribution < 1.29 is 22.7 Å². The van der Waals surface area contributed by atoms with Gasteiger partial charge in [0.15, 0.2) is 0 Å². The summed E-state index contributed by atoms with van der Waals surface area (Å²) in [5.41, 5.74) is 2.73. The van der Waals surface area contributed by atoms with Gasteiger partial charge in [-0.25, -0.2) is 18.2 Å². The number of imidazole rings is 1. The van der Waals surface area contributed by atoms with Crippen LogP contribution < -0.4 is 5.32 Å². The lowest BCUT2D eigenvalue weighted by Crippen LogP contribution is -2.35. The molecule has 0 atom stereocenters. The number of aromatic nitrogens is 2. The molecule has 1 amide bonds. The summed E-state index contributed by atoms with van der Waals surface area (Å²) in [6, 6.07) is 20.3. The molecule has 180 valence electrons. The van der Waals surface area contributed by atoms with E-state index in [4.69, 9.17) is 4.74 Å². The van der Waals surface area contributed by atoms with Gasteiger partial charge < -0.3 is 15.0 Å². The van der Waals surface area contributed by atoms with Crippen LogP contribution >= 0.6 is 0 Å². The Morgan fingerprint density at radius 3 is 2.54 bits per heavy atom. The van der Waals surface area contributed by atoms with Crippen molar-refractivity contribution in [2.75, 3.05) is 25.5 Å². The number of benzene rings is 3. The first kappa shape index (κ1) is 24.1. The van der Waals surface area contributed by atoms with E-state index in [-0.39, 0.29) is 17.1 Å². The number of anilines is 1. The highest BCUT2D eigenvalue weighted by molar-refractivity contribution is 7.89. The largest absolute Gasteiger partial charge is 0.462 e. The minimum Gasteiger partial charge on any atom is -0.462 e. The quantitative estimate of drug-likeness (QED) is 0.362. The van der Waals surface area contributed by atoms with Crippen LogP contribution in [0.4, 0.5) is 5.69 Å². The first-order valence-corrected chi connectivity index (χ1v) is 12.3. The molecule has 0 unspecified atom stereocenters. The van der Waals surface area contributed by atoms with Crippen LogP contribution in [0.15, 0.2) is 77.7 Å². The zero-order valence-electron chi connectivity index (χ0n) is 19.2. The van der Waals surface area contributed by atoms with Gasteiger partial charge in [0.2, 0.25) is 15.9 Å². The lowest BCUT2D eigenvalue weighted by atomic mass is 10.2. The molecular formula is C25H24N4O5S. The molecule has 9 nitrogen and oxygen atoms in total. The summed E-state index contributed by atoms with van der Waals surface area (Å²) in [6.45, 7) is 1.52. The van der Waals surface area contributed by atoms with Crippen molar-refractivity contribution in [2.24, 2.45) is 0 Å². The van der Waals surface area contributed by atoms with Crippen molar-refractivity contribution in [1.29, 1.82) is 0 Å². The normalized spacial score (nSPS) is 11.5. The molecule has 4 rings (SSSR count). The lowest BCUT2D eigenvalue weighted by molar-refractivity contribution is -0.116. The highest BCUT2D eigenvalue weighted by Crippen LogP contribution is 2.24. The van der Waals surface area contributed by atoms with Gasteiger partial charge in [-0.2, -0.15) is 4.31 Å². The molecule has 0 aliphatic carbocycles. The van der Waals surface area contributed by atoms with Crippen molar-refractivity contribution >= 4 is 38.6 Å². The number of rotatable bonds is 8. The Labute approximate surface area is 202 Å². The summed E-state index contributed by atoms with van der Waals surface area (Å²) in [4.78, 5) is 32.1. The minimum atomic E-state index is -3.95.